The molecule has 0 saturated heterocycles. The van der Waals surface area contributed by atoms with Gasteiger partial charge in [0.2, 0.25) is 0 Å². The van der Waals surface area contributed by atoms with Crippen LogP contribution in [-0.2, 0) is 4.79 Å². The summed E-state index contributed by atoms with van der Waals surface area (Å²) in [5, 5.41) is 17.4. The van der Waals surface area contributed by atoms with Crippen LogP contribution in [-0.4, -0.2) is 23.7 Å². The second-order valence-corrected chi connectivity index (χ2v) is 4.91. The van der Waals surface area contributed by atoms with E-state index in [2.05, 4.69) is 24.8 Å². The van der Waals surface area contributed by atoms with E-state index >= 15 is 0 Å². The van der Waals surface area contributed by atoms with Gasteiger partial charge in [-0.15, -0.1) is 0 Å². The van der Waals surface area contributed by atoms with E-state index in [1.165, 1.54) is 0 Å². The molecule has 4 heteroatoms. The molecule has 4 nitrogen and oxygen atoms in total. The summed E-state index contributed by atoms with van der Waals surface area (Å²) in [6, 6.07) is 8.37. The van der Waals surface area contributed by atoms with Gasteiger partial charge in [0, 0.05) is 24.4 Å². The molecule has 0 atom stereocenters. The Bertz CT molecular complexity index is 542. The summed E-state index contributed by atoms with van der Waals surface area (Å²) in [5.74, 6) is -0.952. The second-order valence-electron chi connectivity index (χ2n) is 4.91. The minimum Gasteiger partial charge on any atom is -0.478 e. The maximum absolute atomic E-state index is 10.5. The average Bonchev–Trinajstić information content (AvgIpc) is 2.37. The number of hydrogen-bond donors (Lipinski definition) is 1. The maximum atomic E-state index is 10.5. The lowest BCUT2D eigenvalue weighted by Crippen LogP contribution is -2.31. The van der Waals surface area contributed by atoms with Crippen LogP contribution in [0.25, 0.3) is 6.08 Å². The number of carbonyl (C=O) groups is 1. The fraction of sp³-hybridized carbons (Fsp3) is 0.375. The number of benzene rings is 1. The van der Waals surface area contributed by atoms with Gasteiger partial charge in [0.25, 0.3) is 0 Å². The standard InChI is InChI=1S/C16H20N2O2/c1-12(2)18(10-4-9-17)15-7-5-14(13(3)11-15)6-8-16(19)20/h5-8,11-12H,4,10H2,1-3H3,(H,19,20). The van der Waals surface area contributed by atoms with E-state index in [4.69, 9.17) is 10.4 Å². The number of nitrogens with zero attached hydrogens (tertiary/aromatic N) is 2. The number of aryl methyl sites for hydroxylation is 1. The molecule has 0 aliphatic carbocycles. The fourth-order valence-corrected chi connectivity index (χ4v) is 2.04. The van der Waals surface area contributed by atoms with Gasteiger partial charge in [0.1, 0.15) is 0 Å². The predicted molar refractivity (Wildman–Crippen MR) is 80.6 cm³/mol. The third-order valence-electron chi connectivity index (χ3n) is 3.08. The number of anilines is 1. The van der Waals surface area contributed by atoms with Crippen LogP contribution in [0.4, 0.5) is 5.69 Å². The summed E-state index contributed by atoms with van der Waals surface area (Å²) in [6.45, 7) is 6.82. The Labute approximate surface area is 119 Å². The first-order valence-corrected chi connectivity index (χ1v) is 6.61. The molecule has 0 bridgehead atoms. The molecule has 106 valence electrons. The van der Waals surface area contributed by atoms with Crippen molar-refractivity contribution in [3.63, 3.8) is 0 Å². The van der Waals surface area contributed by atoms with Gasteiger partial charge >= 0.3 is 5.97 Å². The second kappa shape index (κ2) is 7.34. The number of nitriles is 1. The number of carboxylic acids is 1. The average molecular weight is 272 g/mol. The number of rotatable bonds is 6. The Morgan fingerprint density at radius 1 is 1.50 bits per heavy atom. The molecule has 1 aromatic carbocycles. The van der Waals surface area contributed by atoms with E-state index in [-0.39, 0.29) is 0 Å². The first kappa shape index (κ1) is 15.8. The van der Waals surface area contributed by atoms with Crippen LogP contribution in [0.3, 0.4) is 0 Å². The van der Waals surface area contributed by atoms with Crippen molar-refractivity contribution in [1.29, 1.82) is 5.26 Å². The minimum atomic E-state index is -0.952. The molecule has 0 saturated carbocycles. The lowest BCUT2D eigenvalue weighted by molar-refractivity contribution is -0.131. The van der Waals surface area contributed by atoms with Crippen molar-refractivity contribution < 1.29 is 9.90 Å². The summed E-state index contributed by atoms with van der Waals surface area (Å²) in [6.07, 6.45) is 3.21. The zero-order valence-corrected chi connectivity index (χ0v) is 12.1. The predicted octanol–water partition coefficient (Wildman–Crippen LogP) is 3.22. The molecule has 0 aliphatic heterocycles. The number of hydrogen-bond acceptors (Lipinski definition) is 3. The smallest absolute Gasteiger partial charge is 0.328 e. The molecule has 0 aromatic heterocycles. The summed E-state index contributed by atoms with van der Waals surface area (Å²) < 4.78 is 0. The summed E-state index contributed by atoms with van der Waals surface area (Å²) in [5.41, 5.74) is 2.96. The Kier molecular flexibility index (Phi) is 5.79. The monoisotopic (exact) mass is 272 g/mol. The molecular formula is C16H20N2O2. The molecule has 0 amide bonds. The van der Waals surface area contributed by atoms with E-state index in [0.29, 0.717) is 19.0 Å². The molecule has 0 spiro atoms. The third kappa shape index (κ3) is 4.43. The highest BCUT2D eigenvalue weighted by Gasteiger charge is 2.11. The quantitative estimate of drug-likeness (QED) is 0.807. The van der Waals surface area contributed by atoms with E-state index in [9.17, 15) is 4.79 Å². The zero-order chi connectivity index (χ0) is 15.1. The lowest BCUT2D eigenvalue weighted by atomic mass is 10.1. The van der Waals surface area contributed by atoms with Crippen molar-refractivity contribution in [2.45, 2.75) is 33.2 Å². The summed E-state index contributed by atoms with van der Waals surface area (Å²) in [7, 11) is 0. The SMILES string of the molecule is Cc1cc(N(CCC#N)C(C)C)ccc1C=CC(=O)O. The van der Waals surface area contributed by atoms with Crippen molar-refractivity contribution in [1.82, 2.24) is 0 Å². The summed E-state index contributed by atoms with van der Waals surface area (Å²) >= 11 is 0. The van der Waals surface area contributed by atoms with Gasteiger partial charge in [0.05, 0.1) is 12.5 Å². The highest BCUT2D eigenvalue weighted by molar-refractivity contribution is 5.85. The first-order chi connectivity index (χ1) is 9.45. The highest BCUT2D eigenvalue weighted by Crippen LogP contribution is 2.22. The molecule has 0 unspecified atom stereocenters. The minimum absolute atomic E-state index is 0.308. The van der Waals surface area contributed by atoms with Gasteiger partial charge in [-0.25, -0.2) is 4.79 Å². The van der Waals surface area contributed by atoms with Crippen LogP contribution >= 0.6 is 0 Å². The van der Waals surface area contributed by atoms with Crippen LogP contribution in [0.5, 0.6) is 0 Å². The summed E-state index contributed by atoms with van der Waals surface area (Å²) in [4.78, 5) is 12.7. The van der Waals surface area contributed by atoms with Gasteiger partial charge in [-0.3, -0.25) is 0 Å². The highest BCUT2D eigenvalue weighted by atomic mass is 16.4. The molecule has 1 rings (SSSR count). The van der Waals surface area contributed by atoms with Crippen molar-refractivity contribution in [3.8, 4) is 6.07 Å². The van der Waals surface area contributed by atoms with Crippen LogP contribution in [0.1, 0.15) is 31.4 Å². The Morgan fingerprint density at radius 2 is 2.20 bits per heavy atom. The zero-order valence-electron chi connectivity index (χ0n) is 12.1. The van der Waals surface area contributed by atoms with Crippen molar-refractivity contribution >= 4 is 17.7 Å². The lowest BCUT2D eigenvalue weighted by Gasteiger charge is -2.28. The molecule has 0 aliphatic rings. The van der Waals surface area contributed by atoms with Crippen LogP contribution in [0.2, 0.25) is 0 Å². The van der Waals surface area contributed by atoms with Gasteiger partial charge in [0.15, 0.2) is 0 Å². The molecule has 0 fully saturated rings. The van der Waals surface area contributed by atoms with Crippen molar-refractivity contribution in [2.75, 3.05) is 11.4 Å². The van der Waals surface area contributed by atoms with E-state index < -0.39 is 5.97 Å². The molecule has 0 radical (unpaired) electrons. The van der Waals surface area contributed by atoms with E-state index in [1.54, 1.807) is 6.08 Å². The molecule has 0 heterocycles. The molecule has 20 heavy (non-hydrogen) atoms. The number of carboxylic acid groups (broad SMARTS) is 1. The van der Waals surface area contributed by atoms with Crippen LogP contribution < -0.4 is 4.90 Å². The topological polar surface area (TPSA) is 64.3 Å². The van der Waals surface area contributed by atoms with Crippen LogP contribution in [0.15, 0.2) is 24.3 Å². The van der Waals surface area contributed by atoms with Gasteiger partial charge < -0.3 is 10.0 Å². The van der Waals surface area contributed by atoms with Gasteiger partial charge in [-0.2, -0.15) is 5.26 Å². The maximum Gasteiger partial charge on any atom is 0.328 e. The van der Waals surface area contributed by atoms with Gasteiger partial charge in [-0.1, -0.05) is 6.07 Å². The van der Waals surface area contributed by atoms with E-state index in [0.717, 1.165) is 22.9 Å². The number of aliphatic carboxylic acids is 1. The van der Waals surface area contributed by atoms with Gasteiger partial charge in [-0.05, 0) is 50.1 Å². The first-order valence-electron chi connectivity index (χ1n) is 6.61. The molecule has 1 N–H and O–H groups in total. The Balaban J connectivity index is 3.00. The van der Waals surface area contributed by atoms with Crippen molar-refractivity contribution in [3.05, 3.63) is 35.4 Å². The third-order valence-corrected chi connectivity index (χ3v) is 3.08. The molecule has 1 aromatic rings. The van der Waals surface area contributed by atoms with Crippen LogP contribution in [0, 0.1) is 18.3 Å². The normalized spacial score (nSPS) is 10.8. The Morgan fingerprint density at radius 3 is 2.70 bits per heavy atom. The van der Waals surface area contributed by atoms with E-state index in [1.807, 2.05) is 25.1 Å². The largest absolute Gasteiger partial charge is 0.478 e. The van der Waals surface area contributed by atoms with Crippen molar-refractivity contribution in [2.24, 2.45) is 0 Å². The fourth-order valence-electron chi connectivity index (χ4n) is 2.04. The molecular weight excluding hydrogens is 252 g/mol. The Hall–Kier alpha value is -2.28.